The van der Waals surface area contributed by atoms with Gasteiger partial charge in [-0.3, -0.25) is 0 Å². The van der Waals surface area contributed by atoms with Gasteiger partial charge in [-0.05, 0) is 18.2 Å². The Morgan fingerprint density at radius 1 is 1.40 bits per heavy atom. The van der Waals surface area contributed by atoms with Gasteiger partial charge in [0.05, 0.1) is 12.7 Å². The van der Waals surface area contributed by atoms with Crippen LogP contribution >= 0.6 is 0 Å². The van der Waals surface area contributed by atoms with E-state index in [2.05, 4.69) is 4.74 Å². The summed E-state index contributed by atoms with van der Waals surface area (Å²) >= 11 is 0. The molecule has 0 heterocycles. The zero-order valence-corrected chi connectivity index (χ0v) is 8.35. The van der Waals surface area contributed by atoms with Gasteiger partial charge in [-0.15, -0.1) is 3.89 Å². The highest BCUT2D eigenvalue weighted by atomic mass is 32.3. The molecular formula is C8H6F2O4S. The normalized spacial score (nSPS) is 11.1. The summed E-state index contributed by atoms with van der Waals surface area (Å²) in [6.07, 6.45) is 0. The fourth-order valence-corrected chi connectivity index (χ4v) is 1.62. The summed E-state index contributed by atoms with van der Waals surface area (Å²) in [4.78, 5) is 10.1. The monoisotopic (exact) mass is 236 g/mol. The molecule has 0 spiro atoms. The van der Waals surface area contributed by atoms with Gasteiger partial charge in [-0.2, -0.15) is 8.42 Å². The second kappa shape index (κ2) is 3.93. The van der Waals surface area contributed by atoms with Crippen molar-refractivity contribution in [3.05, 3.63) is 29.6 Å². The molecule has 0 amide bonds. The van der Waals surface area contributed by atoms with Crippen molar-refractivity contribution in [2.75, 3.05) is 7.11 Å². The molecule has 0 aliphatic carbocycles. The van der Waals surface area contributed by atoms with Crippen LogP contribution in [0.2, 0.25) is 0 Å². The molecule has 0 saturated heterocycles. The van der Waals surface area contributed by atoms with Crippen molar-refractivity contribution in [2.24, 2.45) is 0 Å². The number of halogens is 2. The zero-order valence-electron chi connectivity index (χ0n) is 7.53. The number of esters is 1. The lowest BCUT2D eigenvalue weighted by Gasteiger charge is -2.03. The van der Waals surface area contributed by atoms with Crippen LogP contribution in [0.5, 0.6) is 0 Å². The molecule has 0 fully saturated rings. The van der Waals surface area contributed by atoms with Crippen LogP contribution in [0, 0.1) is 5.82 Å². The largest absolute Gasteiger partial charge is 0.465 e. The van der Waals surface area contributed by atoms with E-state index >= 15 is 0 Å². The predicted molar refractivity (Wildman–Crippen MR) is 46.0 cm³/mol. The van der Waals surface area contributed by atoms with Crippen molar-refractivity contribution in [1.29, 1.82) is 0 Å². The van der Waals surface area contributed by atoms with E-state index in [0.29, 0.717) is 12.1 Å². The van der Waals surface area contributed by atoms with Crippen LogP contribution in [-0.4, -0.2) is 21.5 Å². The number of hydrogen-bond acceptors (Lipinski definition) is 4. The molecule has 0 unspecified atom stereocenters. The Hall–Kier alpha value is -1.50. The molecular weight excluding hydrogens is 230 g/mol. The highest BCUT2D eigenvalue weighted by Gasteiger charge is 2.22. The van der Waals surface area contributed by atoms with E-state index in [1.165, 1.54) is 0 Å². The summed E-state index contributed by atoms with van der Waals surface area (Å²) in [6.45, 7) is 0. The van der Waals surface area contributed by atoms with E-state index in [9.17, 15) is 21.5 Å². The minimum Gasteiger partial charge on any atom is -0.465 e. The van der Waals surface area contributed by atoms with Gasteiger partial charge in [-0.25, -0.2) is 9.18 Å². The molecule has 4 nitrogen and oxygen atoms in total. The van der Waals surface area contributed by atoms with Gasteiger partial charge in [0.25, 0.3) is 0 Å². The van der Waals surface area contributed by atoms with Crippen LogP contribution in [-0.2, 0) is 15.0 Å². The first-order valence-corrected chi connectivity index (χ1v) is 5.07. The molecule has 0 atom stereocenters. The Balaban J connectivity index is 3.47. The average Bonchev–Trinajstić information content (AvgIpc) is 2.14. The van der Waals surface area contributed by atoms with Crippen LogP contribution in [0.25, 0.3) is 0 Å². The van der Waals surface area contributed by atoms with Gasteiger partial charge >= 0.3 is 16.2 Å². The Morgan fingerprint density at radius 2 is 2.00 bits per heavy atom. The SMILES string of the molecule is COC(=O)c1cc(F)ccc1S(=O)(=O)F. The van der Waals surface area contributed by atoms with Crippen LogP contribution in [0.15, 0.2) is 23.1 Å². The van der Waals surface area contributed by atoms with Crippen LogP contribution in [0.1, 0.15) is 10.4 Å². The fourth-order valence-electron chi connectivity index (χ4n) is 0.984. The molecule has 15 heavy (non-hydrogen) atoms. The summed E-state index contributed by atoms with van der Waals surface area (Å²) in [6, 6.07) is 1.99. The maximum Gasteiger partial charge on any atom is 0.339 e. The van der Waals surface area contributed by atoms with Crippen molar-refractivity contribution in [2.45, 2.75) is 4.90 Å². The summed E-state index contributed by atoms with van der Waals surface area (Å²) < 4.78 is 50.7. The van der Waals surface area contributed by atoms with Crippen molar-refractivity contribution < 1.29 is 26.2 Å². The number of methoxy groups -OCH3 is 1. The Labute approximate surface area is 84.7 Å². The van der Waals surface area contributed by atoms with Crippen LogP contribution < -0.4 is 0 Å². The highest BCUT2D eigenvalue weighted by molar-refractivity contribution is 7.86. The standard InChI is InChI=1S/C8H6F2O4S/c1-14-8(11)6-4-5(9)2-3-7(6)15(10,12)13/h2-4H,1H3. The molecule has 0 radical (unpaired) electrons. The summed E-state index contributed by atoms with van der Waals surface area (Å²) in [7, 11) is -4.10. The van der Waals surface area contributed by atoms with Gasteiger partial charge < -0.3 is 4.74 Å². The molecule has 0 aromatic heterocycles. The third-order valence-electron chi connectivity index (χ3n) is 1.61. The lowest BCUT2D eigenvalue weighted by molar-refractivity contribution is 0.0595. The average molecular weight is 236 g/mol. The maximum absolute atomic E-state index is 12.7. The lowest BCUT2D eigenvalue weighted by atomic mass is 10.2. The molecule has 82 valence electrons. The van der Waals surface area contributed by atoms with Gasteiger partial charge in [0.15, 0.2) is 0 Å². The van der Waals surface area contributed by atoms with Gasteiger partial charge in [0.2, 0.25) is 0 Å². The highest BCUT2D eigenvalue weighted by Crippen LogP contribution is 2.19. The molecule has 0 bridgehead atoms. The number of ether oxygens (including phenoxy) is 1. The first-order valence-electron chi connectivity index (χ1n) is 3.69. The topological polar surface area (TPSA) is 60.4 Å². The summed E-state index contributed by atoms with van der Waals surface area (Å²) in [5, 5.41) is 0. The molecule has 1 aromatic rings. The molecule has 0 saturated carbocycles. The second-order valence-corrected chi connectivity index (χ2v) is 3.89. The molecule has 0 N–H and O–H groups in total. The molecule has 1 rings (SSSR count). The number of rotatable bonds is 2. The number of carbonyl (C=O) groups is 1. The van der Waals surface area contributed by atoms with Crippen molar-refractivity contribution >= 4 is 16.2 Å². The quantitative estimate of drug-likeness (QED) is 0.573. The minimum absolute atomic E-state index is 0.596. The zero-order chi connectivity index (χ0) is 11.6. The van der Waals surface area contributed by atoms with Crippen molar-refractivity contribution in [1.82, 2.24) is 0 Å². The Bertz CT molecular complexity index is 495. The minimum atomic E-state index is -5.07. The molecule has 0 aliphatic heterocycles. The lowest BCUT2D eigenvalue weighted by Crippen LogP contribution is -2.08. The van der Waals surface area contributed by atoms with Crippen molar-refractivity contribution in [3.8, 4) is 0 Å². The van der Waals surface area contributed by atoms with E-state index in [-0.39, 0.29) is 0 Å². The second-order valence-electron chi connectivity index (χ2n) is 2.57. The summed E-state index contributed by atoms with van der Waals surface area (Å²) in [5.41, 5.74) is -0.667. The van der Waals surface area contributed by atoms with E-state index in [1.54, 1.807) is 0 Å². The van der Waals surface area contributed by atoms with Gasteiger partial charge in [0.1, 0.15) is 10.7 Å². The summed E-state index contributed by atoms with van der Waals surface area (Å²) in [5.74, 6) is -1.98. The Kier molecular flexibility index (Phi) is 3.04. The first-order chi connectivity index (χ1) is 6.86. The smallest absolute Gasteiger partial charge is 0.339 e. The van der Waals surface area contributed by atoms with E-state index in [4.69, 9.17) is 0 Å². The van der Waals surface area contributed by atoms with E-state index in [0.717, 1.165) is 13.2 Å². The van der Waals surface area contributed by atoms with E-state index < -0.39 is 32.5 Å². The number of hydrogen-bond donors (Lipinski definition) is 0. The van der Waals surface area contributed by atoms with Crippen LogP contribution in [0.4, 0.5) is 8.28 Å². The fraction of sp³-hybridized carbons (Fsp3) is 0.125. The number of carbonyl (C=O) groups excluding carboxylic acids is 1. The van der Waals surface area contributed by atoms with Crippen molar-refractivity contribution in [3.63, 3.8) is 0 Å². The predicted octanol–water partition coefficient (Wildman–Crippen LogP) is 1.27. The Morgan fingerprint density at radius 3 is 2.47 bits per heavy atom. The number of benzene rings is 1. The van der Waals surface area contributed by atoms with E-state index in [1.807, 2.05) is 0 Å². The van der Waals surface area contributed by atoms with Gasteiger partial charge in [-0.1, -0.05) is 0 Å². The first kappa shape index (κ1) is 11.6. The van der Waals surface area contributed by atoms with Gasteiger partial charge in [0, 0.05) is 0 Å². The third kappa shape index (κ3) is 2.50. The molecule has 1 aromatic carbocycles. The third-order valence-corrected chi connectivity index (χ3v) is 2.49. The molecule has 7 heteroatoms. The molecule has 0 aliphatic rings. The van der Waals surface area contributed by atoms with Crippen LogP contribution in [0.3, 0.4) is 0 Å². The maximum atomic E-state index is 12.7.